The Morgan fingerprint density at radius 2 is 1.55 bits per heavy atom. The monoisotopic (exact) mass is 545 g/mol. The van der Waals surface area contributed by atoms with Crippen LogP contribution in [0.1, 0.15) is 21.7 Å². The molecule has 0 radical (unpaired) electrons. The first-order chi connectivity index (χ1) is 19.6. The average Bonchev–Trinajstić information content (AvgIpc) is 3.49. The van der Waals surface area contributed by atoms with Crippen LogP contribution >= 0.6 is 11.3 Å². The smallest absolute Gasteiger partial charge is 0.270 e. The summed E-state index contributed by atoms with van der Waals surface area (Å²) in [5.74, 6) is 1.15. The molecule has 0 aliphatic heterocycles. The van der Waals surface area contributed by atoms with E-state index in [0.29, 0.717) is 46.6 Å². The molecule has 8 heteroatoms. The SMILES string of the molecule is N#C/C(=C\c1ccc(OCc2ccccc2)c(OCc2ccccc2)c1)c1nc(-c2cccc([N+](=O)[O-])c2)cs1. The number of rotatable bonds is 10. The van der Waals surface area contributed by atoms with Gasteiger partial charge in [-0.1, -0.05) is 78.9 Å². The molecule has 40 heavy (non-hydrogen) atoms. The van der Waals surface area contributed by atoms with Crippen LogP contribution in [0.2, 0.25) is 0 Å². The van der Waals surface area contributed by atoms with Crippen molar-refractivity contribution in [2.75, 3.05) is 0 Å². The number of non-ortho nitro benzene ring substituents is 1. The fourth-order valence-electron chi connectivity index (χ4n) is 3.93. The van der Waals surface area contributed by atoms with E-state index in [1.165, 1.54) is 23.5 Å². The summed E-state index contributed by atoms with van der Waals surface area (Å²) in [5, 5.41) is 23.4. The molecular weight excluding hydrogens is 522 g/mol. The minimum absolute atomic E-state index is 0.0132. The van der Waals surface area contributed by atoms with Gasteiger partial charge in [-0.05, 0) is 34.9 Å². The Balaban J connectivity index is 1.41. The molecule has 5 aromatic rings. The van der Waals surface area contributed by atoms with E-state index in [9.17, 15) is 15.4 Å². The zero-order chi connectivity index (χ0) is 27.7. The van der Waals surface area contributed by atoms with Crippen molar-refractivity contribution in [3.05, 3.63) is 140 Å². The Morgan fingerprint density at radius 3 is 2.20 bits per heavy atom. The first-order valence-electron chi connectivity index (χ1n) is 12.4. The van der Waals surface area contributed by atoms with Gasteiger partial charge in [0.25, 0.3) is 5.69 Å². The highest BCUT2D eigenvalue weighted by Crippen LogP contribution is 2.33. The maximum atomic E-state index is 11.2. The lowest BCUT2D eigenvalue weighted by Gasteiger charge is -2.14. The molecule has 0 bridgehead atoms. The van der Waals surface area contributed by atoms with Gasteiger partial charge >= 0.3 is 0 Å². The molecule has 1 heterocycles. The van der Waals surface area contributed by atoms with Crippen LogP contribution in [-0.4, -0.2) is 9.91 Å². The third-order valence-electron chi connectivity index (χ3n) is 5.96. The summed E-state index contributed by atoms with van der Waals surface area (Å²) in [6.07, 6.45) is 1.74. The molecule has 0 amide bonds. The fraction of sp³-hybridized carbons (Fsp3) is 0.0625. The van der Waals surface area contributed by atoms with Crippen molar-refractivity contribution in [3.8, 4) is 28.8 Å². The van der Waals surface area contributed by atoms with Gasteiger partial charge in [0, 0.05) is 23.1 Å². The van der Waals surface area contributed by atoms with Gasteiger partial charge in [0.05, 0.1) is 16.2 Å². The number of nitriles is 1. The van der Waals surface area contributed by atoms with Crippen molar-refractivity contribution in [1.29, 1.82) is 5.26 Å². The van der Waals surface area contributed by atoms with Crippen LogP contribution in [0.5, 0.6) is 11.5 Å². The minimum Gasteiger partial charge on any atom is -0.485 e. The summed E-state index contributed by atoms with van der Waals surface area (Å²) in [4.78, 5) is 15.3. The van der Waals surface area contributed by atoms with E-state index in [4.69, 9.17) is 9.47 Å². The van der Waals surface area contributed by atoms with Crippen LogP contribution in [0.25, 0.3) is 22.9 Å². The normalized spacial score (nSPS) is 11.0. The number of benzene rings is 4. The predicted molar refractivity (Wildman–Crippen MR) is 156 cm³/mol. The zero-order valence-corrected chi connectivity index (χ0v) is 22.1. The number of ether oxygens (including phenoxy) is 2. The third kappa shape index (κ3) is 6.59. The molecule has 5 rings (SSSR count). The second kappa shape index (κ2) is 12.5. The van der Waals surface area contributed by atoms with E-state index in [-0.39, 0.29) is 5.69 Å². The fourth-order valence-corrected chi connectivity index (χ4v) is 4.73. The van der Waals surface area contributed by atoms with Gasteiger partial charge in [0.15, 0.2) is 11.5 Å². The molecule has 0 N–H and O–H groups in total. The number of aromatic nitrogens is 1. The van der Waals surface area contributed by atoms with Gasteiger partial charge in [-0.25, -0.2) is 4.98 Å². The Hall–Kier alpha value is -5.26. The maximum Gasteiger partial charge on any atom is 0.270 e. The Kier molecular flexibility index (Phi) is 8.25. The molecule has 0 saturated heterocycles. The lowest BCUT2D eigenvalue weighted by molar-refractivity contribution is -0.384. The van der Waals surface area contributed by atoms with Crippen molar-refractivity contribution in [3.63, 3.8) is 0 Å². The lowest BCUT2D eigenvalue weighted by atomic mass is 10.1. The van der Waals surface area contributed by atoms with Crippen LogP contribution < -0.4 is 9.47 Å². The summed E-state index contributed by atoms with van der Waals surface area (Å²) >= 11 is 1.30. The van der Waals surface area contributed by atoms with E-state index >= 15 is 0 Å². The highest BCUT2D eigenvalue weighted by molar-refractivity contribution is 7.11. The number of hydrogen-bond acceptors (Lipinski definition) is 7. The first-order valence-corrected chi connectivity index (χ1v) is 13.3. The zero-order valence-electron chi connectivity index (χ0n) is 21.3. The van der Waals surface area contributed by atoms with Gasteiger partial charge in [0.2, 0.25) is 0 Å². The number of allylic oxidation sites excluding steroid dienone is 1. The van der Waals surface area contributed by atoms with Gasteiger partial charge in [-0.2, -0.15) is 5.26 Å². The van der Waals surface area contributed by atoms with E-state index in [2.05, 4.69) is 11.1 Å². The average molecular weight is 546 g/mol. The Labute approximate surface area is 235 Å². The van der Waals surface area contributed by atoms with Crippen molar-refractivity contribution < 1.29 is 14.4 Å². The van der Waals surface area contributed by atoms with Gasteiger partial charge in [0.1, 0.15) is 24.3 Å². The number of thiazole rings is 1. The molecule has 0 aliphatic carbocycles. The Morgan fingerprint density at radius 1 is 0.875 bits per heavy atom. The standard InChI is InChI=1S/C32H23N3O4S/c33-19-27(32-34-29(22-40-32)26-12-7-13-28(18-26)35(36)37)16-25-14-15-30(38-20-23-8-3-1-4-9-23)31(17-25)39-21-24-10-5-2-6-11-24/h1-18,22H,20-21H2/b27-16+. The molecule has 4 aromatic carbocycles. The largest absolute Gasteiger partial charge is 0.485 e. The minimum atomic E-state index is -0.442. The molecule has 7 nitrogen and oxygen atoms in total. The molecule has 0 atom stereocenters. The van der Waals surface area contributed by atoms with E-state index in [1.807, 2.05) is 78.9 Å². The molecule has 0 unspecified atom stereocenters. The molecule has 1 aromatic heterocycles. The molecule has 0 aliphatic rings. The molecule has 0 spiro atoms. The van der Waals surface area contributed by atoms with Crippen molar-refractivity contribution in [2.45, 2.75) is 13.2 Å². The summed E-state index contributed by atoms with van der Waals surface area (Å²) in [7, 11) is 0. The third-order valence-corrected chi connectivity index (χ3v) is 6.84. The van der Waals surface area contributed by atoms with Crippen LogP contribution in [0.4, 0.5) is 5.69 Å². The van der Waals surface area contributed by atoms with Gasteiger partial charge in [-0.3, -0.25) is 10.1 Å². The highest BCUT2D eigenvalue weighted by Gasteiger charge is 2.14. The van der Waals surface area contributed by atoms with Gasteiger partial charge < -0.3 is 9.47 Å². The van der Waals surface area contributed by atoms with E-state index in [0.717, 1.165) is 16.7 Å². The van der Waals surface area contributed by atoms with E-state index < -0.39 is 4.92 Å². The van der Waals surface area contributed by atoms with Crippen LogP contribution in [0.15, 0.2) is 109 Å². The predicted octanol–water partition coefficient (Wildman–Crippen LogP) is 7.94. The molecule has 196 valence electrons. The summed E-state index contributed by atoms with van der Waals surface area (Å²) < 4.78 is 12.3. The van der Waals surface area contributed by atoms with Crippen molar-refractivity contribution in [2.24, 2.45) is 0 Å². The van der Waals surface area contributed by atoms with Crippen LogP contribution in [0.3, 0.4) is 0 Å². The number of hydrogen-bond donors (Lipinski definition) is 0. The second-order valence-electron chi connectivity index (χ2n) is 8.77. The second-order valence-corrected chi connectivity index (χ2v) is 9.63. The quantitative estimate of drug-likeness (QED) is 0.100. The van der Waals surface area contributed by atoms with Crippen molar-refractivity contribution in [1.82, 2.24) is 4.98 Å². The summed E-state index contributed by atoms with van der Waals surface area (Å²) in [5.41, 5.74) is 4.35. The lowest BCUT2D eigenvalue weighted by Crippen LogP contribution is -2.01. The van der Waals surface area contributed by atoms with Crippen LogP contribution in [0, 0.1) is 21.4 Å². The molecule has 0 saturated carbocycles. The Bertz CT molecular complexity index is 1690. The topological polar surface area (TPSA) is 98.3 Å². The highest BCUT2D eigenvalue weighted by atomic mass is 32.1. The first kappa shape index (κ1) is 26.4. The number of nitro groups is 1. The number of nitrogens with zero attached hydrogens (tertiary/aromatic N) is 3. The molecular formula is C32H23N3O4S. The van der Waals surface area contributed by atoms with Gasteiger partial charge in [-0.15, -0.1) is 11.3 Å². The van der Waals surface area contributed by atoms with Crippen LogP contribution in [-0.2, 0) is 13.2 Å². The van der Waals surface area contributed by atoms with Crippen molar-refractivity contribution >= 4 is 28.7 Å². The maximum absolute atomic E-state index is 11.2. The summed E-state index contributed by atoms with van der Waals surface area (Å²) in [6, 6.07) is 33.8. The number of nitro benzene ring substituents is 1. The van der Waals surface area contributed by atoms with E-state index in [1.54, 1.807) is 23.6 Å². The molecule has 0 fully saturated rings. The summed E-state index contributed by atoms with van der Waals surface area (Å²) in [6.45, 7) is 0.751.